The normalized spacial score (nSPS) is 10.9. The van der Waals surface area contributed by atoms with Crippen LogP contribution in [0.3, 0.4) is 0 Å². The molecule has 4 nitrogen and oxygen atoms in total. The van der Waals surface area contributed by atoms with E-state index in [4.69, 9.17) is 0 Å². The van der Waals surface area contributed by atoms with E-state index < -0.39 is 0 Å². The fourth-order valence-corrected chi connectivity index (χ4v) is 4.08. The third-order valence-electron chi connectivity index (χ3n) is 4.83. The largest absolute Gasteiger partial charge is 0.504 e. The van der Waals surface area contributed by atoms with Gasteiger partial charge in [-0.15, -0.1) is 0 Å². The molecule has 0 bridgehead atoms. The van der Waals surface area contributed by atoms with Gasteiger partial charge in [0.15, 0.2) is 23.0 Å². The monoisotopic (exact) mass is 526 g/mol. The number of aromatic hydroxyl groups is 4. The lowest BCUT2D eigenvalue weighted by Crippen LogP contribution is -1.90. The second-order valence-electron chi connectivity index (χ2n) is 6.79. The fourth-order valence-electron chi connectivity index (χ4n) is 3.36. The molecule has 0 heterocycles. The molecule has 30 heavy (non-hydrogen) atoms. The Morgan fingerprint density at radius 1 is 0.400 bits per heavy atom. The maximum Gasteiger partial charge on any atom is 0.158 e. The van der Waals surface area contributed by atoms with Crippen molar-refractivity contribution in [3.05, 3.63) is 81.7 Å². The van der Waals surface area contributed by atoms with Crippen LogP contribution in [0.25, 0.3) is 33.4 Å². The number of hydrogen-bond acceptors (Lipinski definition) is 4. The van der Waals surface area contributed by atoms with Crippen LogP contribution in [-0.4, -0.2) is 20.4 Å². The van der Waals surface area contributed by atoms with E-state index in [-0.39, 0.29) is 23.0 Å². The number of phenols is 4. The van der Waals surface area contributed by atoms with E-state index in [1.54, 1.807) is 12.1 Å². The van der Waals surface area contributed by atoms with Crippen molar-refractivity contribution >= 4 is 31.9 Å². The molecule has 0 aromatic heterocycles. The molecule has 150 valence electrons. The Hall–Kier alpha value is -2.96. The van der Waals surface area contributed by atoms with Gasteiger partial charge < -0.3 is 20.4 Å². The molecule has 0 spiro atoms. The molecule has 0 unspecified atom stereocenters. The number of hydrogen-bond donors (Lipinski definition) is 4. The van der Waals surface area contributed by atoms with Crippen LogP contribution in [0.15, 0.2) is 81.7 Å². The third-order valence-corrected chi connectivity index (χ3v) is 5.81. The Morgan fingerprint density at radius 2 is 0.800 bits per heavy atom. The average Bonchev–Trinajstić information content (AvgIpc) is 2.72. The van der Waals surface area contributed by atoms with Crippen molar-refractivity contribution in [1.82, 2.24) is 0 Å². The summed E-state index contributed by atoms with van der Waals surface area (Å²) < 4.78 is 1.74. The number of phenolic OH excluding ortho intramolecular Hbond substituents is 4. The molecule has 0 amide bonds. The second kappa shape index (κ2) is 8.05. The number of halogens is 2. The van der Waals surface area contributed by atoms with Crippen molar-refractivity contribution in [2.24, 2.45) is 0 Å². The first kappa shape index (κ1) is 20.3. The zero-order chi connectivity index (χ0) is 21.4. The van der Waals surface area contributed by atoms with Gasteiger partial charge in [0, 0.05) is 8.95 Å². The third kappa shape index (κ3) is 3.88. The zero-order valence-electron chi connectivity index (χ0n) is 15.5. The Kier molecular flexibility index (Phi) is 5.45. The van der Waals surface area contributed by atoms with Crippen molar-refractivity contribution in [3.63, 3.8) is 0 Å². The molecule has 0 aliphatic rings. The minimum atomic E-state index is -0.196. The van der Waals surface area contributed by atoms with E-state index in [1.807, 2.05) is 36.4 Å². The van der Waals surface area contributed by atoms with Crippen molar-refractivity contribution in [1.29, 1.82) is 0 Å². The van der Waals surface area contributed by atoms with Crippen LogP contribution >= 0.6 is 31.9 Å². The van der Waals surface area contributed by atoms with Gasteiger partial charge in [0.1, 0.15) is 0 Å². The summed E-state index contributed by atoms with van der Waals surface area (Å²) >= 11 is 7.02. The molecular weight excluding hydrogens is 512 g/mol. The summed E-state index contributed by atoms with van der Waals surface area (Å²) in [5.74, 6) is -0.755. The van der Waals surface area contributed by atoms with Gasteiger partial charge in [0.2, 0.25) is 0 Å². The quantitative estimate of drug-likeness (QED) is 0.215. The standard InChI is InChI=1S/C24H16Br2O4/c25-15-3-5-17(19(11-15)13-1-7-21(27)23(29)9-13)18-6-4-16(26)12-20(18)14-2-8-22(28)24(30)10-14/h1-12,27-30H. The molecule has 0 aliphatic heterocycles. The van der Waals surface area contributed by atoms with Crippen molar-refractivity contribution in [3.8, 4) is 56.4 Å². The van der Waals surface area contributed by atoms with E-state index in [0.717, 1.165) is 42.3 Å². The van der Waals surface area contributed by atoms with E-state index in [2.05, 4.69) is 31.9 Å². The summed E-state index contributed by atoms with van der Waals surface area (Å²) in [7, 11) is 0. The van der Waals surface area contributed by atoms with Crippen molar-refractivity contribution in [2.75, 3.05) is 0 Å². The molecular formula is C24H16Br2O4. The summed E-state index contributed by atoms with van der Waals surface area (Å²) in [4.78, 5) is 0. The van der Waals surface area contributed by atoms with E-state index >= 15 is 0 Å². The predicted octanol–water partition coefficient (Wildman–Crippen LogP) is 7.04. The lowest BCUT2D eigenvalue weighted by molar-refractivity contribution is 0.404. The lowest BCUT2D eigenvalue weighted by atomic mass is 9.89. The topological polar surface area (TPSA) is 80.9 Å². The van der Waals surface area contributed by atoms with Crippen LogP contribution in [0, 0.1) is 0 Å². The Morgan fingerprint density at radius 3 is 1.17 bits per heavy atom. The minimum absolute atomic E-state index is 0.181. The molecule has 0 saturated heterocycles. The van der Waals surface area contributed by atoms with Crippen molar-refractivity contribution < 1.29 is 20.4 Å². The molecule has 4 aromatic carbocycles. The lowest BCUT2D eigenvalue weighted by Gasteiger charge is -2.16. The average molecular weight is 528 g/mol. The molecule has 0 fully saturated rings. The fraction of sp³-hybridized carbons (Fsp3) is 0. The summed E-state index contributed by atoms with van der Waals surface area (Å²) in [5.41, 5.74) is 4.99. The highest BCUT2D eigenvalue weighted by molar-refractivity contribution is 9.10. The van der Waals surface area contributed by atoms with Gasteiger partial charge in [-0.3, -0.25) is 0 Å². The Bertz CT molecular complexity index is 1170. The van der Waals surface area contributed by atoms with Gasteiger partial charge >= 0.3 is 0 Å². The summed E-state index contributed by atoms with van der Waals surface area (Å²) in [5, 5.41) is 39.4. The van der Waals surface area contributed by atoms with Crippen LogP contribution in [0.1, 0.15) is 0 Å². The van der Waals surface area contributed by atoms with Crippen LogP contribution < -0.4 is 0 Å². The first-order valence-electron chi connectivity index (χ1n) is 8.97. The zero-order valence-corrected chi connectivity index (χ0v) is 18.6. The van der Waals surface area contributed by atoms with Gasteiger partial charge in [0.05, 0.1) is 0 Å². The van der Waals surface area contributed by atoms with Gasteiger partial charge in [-0.05, 0) is 81.9 Å². The van der Waals surface area contributed by atoms with Gasteiger partial charge in [-0.1, -0.05) is 56.1 Å². The Labute approximate surface area is 190 Å². The summed E-state index contributed by atoms with van der Waals surface area (Å²) in [6, 6.07) is 21.1. The highest BCUT2D eigenvalue weighted by atomic mass is 79.9. The number of benzene rings is 4. The minimum Gasteiger partial charge on any atom is -0.504 e. The molecule has 4 N–H and O–H groups in total. The van der Waals surface area contributed by atoms with Gasteiger partial charge in [-0.2, -0.15) is 0 Å². The van der Waals surface area contributed by atoms with Gasteiger partial charge in [-0.25, -0.2) is 0 Å². The Balaban J connectivity index is 1.98. The molecule has 4 aromatic rings. The first-order chi connectivity index (χ1) is 14.3. The molecule has 0 radical (unpaired) electrons. The second-order valence-corrected chi connectivity index (χ2v) is 8.62. The van der Waals surface area contributed by atoms with Crippen LogP contribution in [-0.2, 0) is 0 Å². The van der Waals surface area contributed by atoms with Gasteiger partial charge in [0.25, 0.3) is 0 Å². The number of rotatable bonds is 3. The van der Waals surface area contributed by atoms with E-state index in [1.165, 1.54) is 24.3 Å². The molecule has 6 heteroatoms. The van der Waals surface area contributed by atoms with E-state index in [0.29, 0.717) is 0 Å². The smallest absolute Gasteiger partial charge is 0.158 e. The summed E-state index contributed by atoms with van der Waals surface area (Å²) in [6.45, 7) is 0. The maximum absolute atomic E-state index is 10.00. The SMILES string of the molecule is Oc1ccc(-c2cc(Br)ccc2-c2ccc(Br)cc2-c2ccc(O)c(O)c2)cc1O. The molecule has 0 atom stereocenters. The molecule has 4 rings (SSSR count). The highest BCUT2D eigenvalue weighted by Crippen LogP contribution is 2.43. The molecule has 0 aliphatic carbocycles. The van der Waals surface area contributed by atoms with Crippen LogP contribution in [0.5, 0.6) is 23.0 Å². The predicted molar refractivity (Wildman–Crippen MR) is 125 cm³/mol. The summed E-state index contributed by atoms with van der Waals surface area (Å²) in [6.07, 6.45) is 0. The van der Waals surface area contributed by atoms with E-state index in [9.17, 15) is 20.4 Å². The highest BCUT2D eigenvalue weighted by Gasteiger charge is 2.16. The van der Waals surface area contributed by atoms with Crippen LogP contribution in [0.4, 0.5) is 0 Å². The first-order valence-corrected chi connectivity index (χ1v) is 10.6. The maximum atomic E-state index is 10.00. The van der Waals surface area contributed by atoms with Crippen molar-refractivity contribution in [2.45, 2.75) is 0 Å². The molecule has 0 saturated carbocycles. The van der Waals surface area contributed by atoms with Crippen LogP contribution in [0.2, 0.25) is 0 Å².